The molecule has 1 fully saturated rings. The second-order valence-electron chi connectivity index (χ2n) is 6.93. The highest BCUT2D eigenvalue weighted by atomic mass is 16.2. The van der Waals surface area contributed by atoms with E-state index in [4.69, 9.17) is 0 Å². The summed E-state index contributed by atoms with van der Waals surface area (Å²) >= 11 is 0. The summed E-state index contributed by atoms with van der Waals surface area (Å²) in [4.78, 5) is 37.6. The van der Waals surface area contributed by atoms with E-state index in [1.54, 1.807) is 0 Å². The van der Waals surface area contributed by atoms with Crippen LogP contribution < -0.4 is 10.6 Å². The van der Waals surface area contributed by atoms with Gasteiger partial charge >= 0.3 is 0 Å². The number of hydrogen-bond donors (Lipinski definition) is 2. The minimum absolute atomic E-state index is 0.101. The molecule has 1 aliphatic heterocycles. The molecule has 2 aromatic carbocycles. The number of anilines is 1. The van der Waals surface area contributed by atoms with Gasteiger partial charge in [-0.05, 0) is 29.7 Å². The van der Waals surface area contributed by atoms with Gasteiger partial charge in [-0.1, -0.05) is 42.5 Å². The lowest BCUT2D eigenvalue weighted by molar-refractivity contribution is -0.128. The van der Waals surface area contributed by atoms with E-state index in [0.717, 1.165) is 24.1 Å². The Hall–Kier alpha value is -3.15. The molecule has 2 N–H and O–H groups in total. The average Bonchev–Trinajstić information content (AvgIpc) is 3.07. The summed E-state index contributed by atoms with van der Waals surface area (Å²) in [5, 5.41) is 5.62. The largest absolute Gasteiger partial charge is 0.355 e. The van der Waals surface area contributed by atoms with E-state index in [1.165, 1.54) is 0 Å². The first-order chi connectivity index (χ1) is 13.6. The zero-order valence-electron chi connectivity index (χ0n) is 15.8. The van der Waals surface area contributed by atoms with Crippen LogP contribution in [0.2, 0.25) is 0 Å². The first-order valence-corrected chi connectivity index (χ1v) is 9.57. The fourth-order valence-corrected chi connectivity index (χ4v) is 3.22. The van der Waals surface area contributed by atoms with E-state index in [2.05, 4.69) is 10.6 Å². The van der Waals surface area contributed by atoms with E-state index in [1.807, 2.05) is 59.5 Å². The van der Waals surface area contributed by atoms with Gasteiger partial charge in [0.1, 0.15) is 0 Å². The second kappa shape index (κ2) is 9.69. The highest BCUT2D eigenvalue weighted by molar-refractivity contribution is 5.91. The zero-order valence-corrected chi connectivity index (χ0v) is 15.8. The van der Waals surface area contributed by atoms with E-state index < -0.39 is 0 Å². The third-order valence-electron chi connectivity index (χ3n) is 4.64. The van der Waals surface area contributed by atoms with Gasteiger partial charge in [0.15, 0.2) is 0 Å². The number of hydrogen-bond acceptors (Lipinski definition) is 3. The summed E-state index contributed by atoms with van der Waals surface area (Å²) in [6.45, 7) is 1.65. The molecule has 6 heteroatoms. The lowest BCUT2D eigenvalue weighted by Gasteiger charge is -2.16. The van der Waals surface area contributed by atoms with Gasteiger partial charge in [0.25, 0.3) is 0 Å². The molecule has 28 heavy (non-hydrogen) atoms. The average molecular weight is 379 g/mol. The molecule has 0 spiro atoms. The second-order valence-corrected chi connectivity index (χ2v) is 6.93. The van der Waals surface area contributed by atoms with Crippen molar-refractivity contribution in [3.63, 3.8) is 0 Å². The number of amides is 3. The summed E-state index contributed by atoms with van der Waals surface area (Å²) in [6.07, 6.45) is 2.03. The normalized spacial score (nSPS) is 13.4. The van der Waals surface area contributed by atoms with Crippen LogP contribution in [-0.4, -0.2) is 35.7 Å². The van der Waals surface area contributed by atoms with Crippen molar-refractivity contribution in [2.24, 2.45) is 0 Å². The van der Waals surface area contributed by atoms with Crippen LogP contribution in [0.5, 0.6) is 0 Å². The van der Waals surface area contributed by atoms with Crippen molar-refractivity contribution in [1.29, 1.82) is 0 Å². The predicted octanol–water partition coefficient (Wildman–Crippen LogP) is 2.50. The van der Waals surface area contributed by atoms with Crippen molar-refractivity contribution < 1.29 is 14.4 Å². The van der Waals surface area contributed by atoms with Crippen LogP contribution in [0.15, 0.2) is 54.6 Å². The number of likely N-dealkylation sites (tertiary alicyclic amines) is 1. The van der Waals surface area contributed by atoms with Crippen molar-refractivity contribution in [1.82, 2.24) is 10.2 Å². The zero-order chi connectivity index (χ0) is 19.8. The predicted molar refractivity (Wildman–Crippen MR) is 107 cm³/mol. The van der Waals surface area contributed by atoms with Crippen molar-refractivity contribution >= 4 is 23.4 Å². The number of nitrogens with zero attached hydrogens (tertiary/aromatic N) is 1. The Balaban J connectivity index is 1.41. The fourth-order valence-electron chi connectivity index (χ4n) is 3.22. The van der Waals surface area contributed by atoms with Crippen LogP contribution in [0.1, 0.15) is 30.4 Å². The molecular weight excluding hydrogens is 354 g/mol. The molecule has 146 valence electrons. The number of carbonyl (C=O) groups is 3. The van der Waals surface area contributed by atoms with Crippen LogP contribution in [0.25, 0.3) is 0 Å². The Morgan fingerprint density at radius 2 is 1.75 bits per heavy atom. The van der Waals surface area contributed by atoms with Gasteiger partial charge < -0.3 is 15.5 Å². The Morgan fingerprint density at radius 1 is 0.964 bits per heavy atom. The first-order valence-electron chi connectivity index (χ1n) is 9.57. The summed E-state index contributed by atoms with van der Waals surface area (Å²) in [5.41, 5.74) is 2.63. The Labute approximate surface area is 164 Å². The van der Waals surface area contributed by atoms with Crippen LogP contribution in [0.4, 0.5) is 5.69 Å². The summed E-state index contributed by atoms with van der Waals surface area (Å²) < 4.78 is 0. The van der Waals surface area contributed by atoms with E-state index >= 15 is 0 Å². The monoisotopic (exact) mass is 379 g/mol. The quantitative estimate of drug-likeness (QED) is 0.740. The Kier molecular flexibility index (Phi) is 6.78. The summed E-state index contributed by atoms with van der Waals surface area (Å²) in [5.74, 6) is -0.0774. The molecular formula is C22H25N3O3. The third-order valence-corrected chi connectivity index (χ3v) is 4.64. The molecule has 3 rings (SSSR count). The van der Waals surface area contributed by atoms with Crippen molar-refractivity contribution in [3.8, 4) is 0 Å². The highest BCUT2D eigenvalue weighted by Gasteiger charge is 2.20. The van der Waals surface area contributed by atoms with Gasteiger partial charge in [0.05, 0.1) is 6.42 Å². The van der Waals surface area contributed by atoms with Gasteiger partial charge in [0, 0.05) is 38.2 Å². The maximum atomic E-state index is 12.1. The molecule has 1 saturated heterocycles. The van der Waals surface area contributed by atoms with Crippen LogP contribution in [-0.2, 0) is 27.3 Å². The number of nitrogens with one attached hydrogen (secondary N) is 2. The molecule has 3 amide bonds. The van der Waals surface area contributed by atoms with Crippen LogP contribution in [0, 0.1) is 0 Å². The maximum absolute atomic E-state index is 12.1. The molecule has 0 saturated carbocycles. The number of rotatable bonds is 8. The van der Waals surface area contributed by atoms with Gasteiger partial charge in [-0.25, -0.2) is 0 Å². The SMILES string of the molecule is O=C(Cc1ccccc1)NCCC(=O)Nc1cccc(CN2CCCC2=O)c1. The van der Waals surface area contributed by atoms with Gasteiger partial charge in [-0.2, -0.15) is 0 Å². The summed E-state index contributed by atoms with van der Waals surface area (Å²) in [7, 11) is 0. The van der Waals surface area contributed by atoms with E-state index in [0.29, 0.717) is 31.6 Å². The lowest BCUT2D eigenvalue weighted by Crippen LogP contribution is -2.28. The highest BCUT2D eigenvalue weighted by Crippen LogP contribution is 2.17. The first kappa shape index (κ1) is 19.6. The Bertz CT molecular complexity index is 836. The maximum Gasteiger partial charge on any atom is 0.226 e. The minimum Gasteiger partial charge on any atom is -0.355 e. The molecule has 2 aromatic rings. The number of carbonyl (C=O) groups excluding carboxylic acids is 3. The summed E-state index contributed by atoms with van der Waals surface area (Å²) in [6, 6.07) is 17.0. The van der Waals surface area contributed by atoms with Gasteiger partial charge in [-0.15, -0.1) is 0 Å². The molecule has 0 unspecified atom stereocenters. The number of benzene rings is 2. The third kappa shape index (κ3) is 5.94. The molecule has 0 atom stereocenters. The Morgan fingerprint density at radius 3 is 2.50 bits per heavy atom. The molecule has 1 aliphatic rings. The molecule has 6 nitrogen and oxygen atoms in total. The van der Waals surface area contributed by atoms with Gasteiger partial charge in [-0.3, -0.25) is 14.4 Å². The minimum atomic E-state index is -0.158. The molecule has 1 heterocycles. The molecule has 0 radical (unpaired) electrons. The van der Waals surface area contributed by atoms with E-state index in [9.17, 15) is 14.4 Å². The van der Waals surface area contributed by atoms with Crippen molar-refractivity contribution in [2.45, 2.75) is 32.2 Å². The fraction of sp³-hybridized carbons (Fsp3) is 0.318. The molecule has 0 aromatic heterocycles. The van der Waals surface area contributed by atoms with Crippen molar-refractivity contribution in [2.75, 3.05) is 18.4 Å². The lowest BCUT2D eigenvalue weighted by atomic mass is 10.1. The molecule has 0 bridgehead atoms. The topological polar surface area (TPSA) is 78.5 Å². The van der Waals surface area contributed by atoms with Crippen LogP contribution in [0.3, 0.4) is 0 Å². The standard InChI is InChI=1S/C22H25N3O3/c26-20(11-12-23-21(27)15-17-6-2-1-3-7-17)24-19-9-4-8-18(14-19)16-25-13-5-10-22(25)28/h1-4,6-9,14H,5,10-13,15-16H2,(H,23,27)(H,24,26). The van der Waals surface area contributed by atoms with Gasteiger partial charge in [0.2, 0.25) is 17.7 Å². The van der Waals surface area contributed by atoms with Crippen LogP contribution >= 0.6 is 0 Å². The smallest absolute Gasteiger partial charge is 0.226 e. The molecule has 0 aliphatic carbocycles. The van der Waals surface area contributed by atoms with E-state index in [-0.39, 0.29) is 24.1 Å². The van der Waals surface area contributed by atoms with Crippen molar-refractivity contribution in [3.05, 3.63) is 65.7 Å².